The second-order valence-electron chi connectivity index (χ2n) is 4.05. The third-order valence-corrected chi connectivity index (χ3v) is 4.48. The first-order valence-corrected chi connectivity index (χ1v) is 7.54. The summed E-state index contributed by atoms with van der Waals surface area (Å²) in [5.41, 5.74) is 0.809. The second kappa shape index (κ2) is 7.00. The predicted molar refractivity (Wildman–Crippen MR) is 69.6 cm³/mol. The van der Waals surface area contributed by atoms with Crippen molar-refractivity contribution in [2.75, 3.05) is 0 Å². The van der Waals surface area contributed by atoms with Crippen LogP contribution in [0.1, 0.15) is 12.6 Å². The van der Waals surface area contributed by atoms with Crippen LogP contribution in [-0.4, -0.2) is 8.42 Å². The van der Waals surface area contributed by atoms with Crippen molar-refractivity contribution in [2.45, 2.75) is 24.1 Å². The highest BCUT2D eigenvalue weighted by Crippen LogP contribution is 2.13. The van der Waals surface area contributed by atoms with Crippen LogP contribution in [0.5, 0.6) is 0 Å². The van der Waals surface area contributed by atoms with Gasteiger partial charge in [-0.3, -0.25) is 0 Å². The summed E-state index contributed by atoms with van der Waals surface area (Å²) in [6.07, 6.45) is 1.90. The van der Waals surface area contributed by atoms with Crippen molar-refractivity contribution in [3.63, 3.8) is 0 Å². The Morgan fingerprint density at radius 3 is 2.26 bits per heavy atom. The van der Waals surface area contributed by atoms with E-state index in [2.05, 4.69) is 0 Å². The lowest BCUT2D eigenvalue weighted by molar-refractivity contribution is -0.699. The summed E-state index contributed by atoms with van der Waals surface area (Å²) >= 11 is 0. The topological polar surface area (TPSA) is 38.0 Å². The summed E-state index contributed by atoms with van der Waals surface area (Å²) in [6.45, 7) is 2.76. The number of halogens is 1. The highest BCUT2D eigenvalue weighted by molar-refractivity contribution is 7.90. The van der Waals surface area contributed by atoms with Crippen molar-refractivity contribution in [1.82, 2.24) is 0 Å². The molecule has 2 aromatic rings. The van der Waals surface area contributed by atoms with Gasteiger partial charge < -0.3 is 24.0 Å². The van der Waals surface area contributed by atoms with Gasteiger partial charge in [-0.25, -0.2) is 13.0 Å². The number of nitrogens with zero attached hydrogens (tertiary/aromatic N) is 1. The van der Waals surface area contributed by atoms with E-state index in [0.717, 1.165) is 12.2 Å². The Bertz CT molecular complexity index is 627. The van der Waals surface area contributed by atoms with Gasteiger partial charge in [0.2, 0.25) is 0 Å². The molecule has 0 aliphatic rings. The zero-order valence-electron chi connectivity index (χ0n) is 10.7. The molecule has 1 aromatic heterocycles. The molecule has 19 heavy (non-hydrogen) atoms. The first kappa shape index (κ1) is 16.1. The average molecular weight is 389 g/mol. The molecule has 5 heteroatoms. The minimum absolute atomic E-state index is 0. The molecule has 0 atom stereocenters. The molecule has 0 radical (unpaired) electrons. The Labute approximate surface area is 131 Å². The summed E-state index contributed by atoms with van der Waals surface area (Å²) in [5.74, 6) is 0.0334. The number of hydrogen-bond acceptors (Lipinski definition) is 2. The van der Waals surface area contributed by atoms with Crippen molar-refractivity contribution in [3.05, 3.63) is 60.4 Å². The molecule has 0 amide bonds. The number of aryl methyl sites for hydroxylation is 1. The molecule has 0 N–H and O–H groups in total. The third kappa shape index (κ3) is 4.01. The van der Waals surface area contributed by atoms with Crippen LogP contribution >= 0.6 is 0 Å². The Kier molecular flexibility index (Phi) is 5.93. The van der Waals surface area contributed by atoms with Crippen molar-refractivity contribution < 1.29 is 37.0 Å². The smallest absolute Gasteiger partial charge is 0.196 e. The minimum atomic E-state index is -3.27. The molecule has 0 unspecified atom stereocenters. The van der Waals surface area contributed by atoms with Gasteiger partial charge in [-0.15, -0.1) is 0 Å². The van der Waals surface area contributed by atoms with Crippen LogP contribution < -0.4 is 28.5 Å². The fraction of sp³-hybridized carbons (Fsp3) is 0.214. The molecule has 0 spiro atoms. The van der Waals surface area contributed by atoms with E-state index in [1.165, 1.54) is 0 Å². The highest BCUT2D eigenvalue weighted by Gasteiger charge is 2.20. The lowest BCUT2D eigenvalue weighted by Crippen LogP contribution is -3.00. The van der Waals surface area contributed by atoms with Crippen molar-refractivity contribution in [1.29, 1.82) is 0 Å². The molecule has 0 bridgehead atoms. The van der Waals surface area contributed by atoms with Gasteiger partial charge in [0.1, 0.15) is 12.3 Å². The normalized spacial score (nSPS) is 10.8. The zero-order chi connectivity index (χ0) is 13.0. The first-order valence-electron chi connectivity index (χ1n) is 5.88. The van der Waals surface area contributed by atoms with Gasteiger partial charge in [0.05, 0.1) is 4.90 Å². The standard InChI is InChI=1S/C14H16NO2S.HI/c1-2-15-11-7-6-8-13(15)12-18(16,17)14-9-4-3-5-10-14;/h3-11H,2,12H2,1H3;1H/q+1;/p-1. The summed E-state index contributed by atoms with van der Waals surface area (Å²) in [7, 11) is -3.27. The van der Waals surface area contributed by atoms with E-state index < -0.39 is 9.84 Å². The number of sulfone groups is 1. The van der Waals surface area contributed by atoms with Gasteiger partial charge >= 0.3 is 0 Å². The molecule has 1 heterocycles. The lowest BCUT2D eigenvalue weighted by atomic mass is 10.3. The Morgan fingerprint density at radius 2 is 1.63 bits per heavy atom. The molecular weight excluding hydrogens is 373 g/mol. The third-order valence-electron chi connectivity index (χ3n) is 2.82. The van der Waals surface area contributed by atoms with E-state index in [-0.39, 0.29) is 29.7 Å². The molecule has 1 aromatic carbocycles. The molecule has 0 aliphatic carbocycles. The van der Waals surface area contributed by atoms with Crippen LogP contribution in [-0.2, 0) is 22.1 Å². The molecular formula is C14H16INO2S. The lowest BCUT2D eigenvalue weighted by Gasteiger charge is -2.04. The number of hydrogen-bond donors (Lipinski definition) is 0. The Morgan fingerprint density at radius 1 is 1.00 bits per heavy atom. The summed E-state index contributed by atoms with van der Waals surface area (Å²) in [4.78, 5) is 0.372. The van der Waals surface area contributed by atoms with Crippen LogP contribution in [0.3, 0.4) is 0 Å². The molecule has 0 aliphatic heterocycles. The molecule has 0 saturated heterocycles. The van der Waals surface area contributed by atoms with E-state index in [1.54, 1.807) is 24.3 Å². The van der Waals surface area contributed by atoms with Crippen LogP contribution in [0.15, 0.2) is 59.6 Å². The fourth-order valence-electron chi connectivity index (χ4n) is 1.86. The van der Waals surface area contributed by atoms with Crippen molar-refractivity contribution in [2.24, 2.45) is 0 Å². The summed E-state index contributed by atoms with van der Waals surface area (Å²) in [5, 5.41) is 0. The maximum atomic E-state index is 12.3. The van der Waals surface area contributed by atoms with Gasteiger partial charge in [0.15, 0.2) is 21.7 Å². The minimum Gasteiger partial charge on any atom is -1.00 e. The van der Waals surface area contributed by atoms with Gasteiger partial charge in [-0.2, -0.15) is 0 Å². The number of rotatable bonds is 4. The quantitative estimate of drug-likeness (QED) is 0.496. The highest BCUT2D eigenvalue weighted by atomic mass is 127. The van der Waals surface area contributed by atoms with Crippen molar-refractivity contribution in [3.8, 4) is 0 Å². The largest absolute Gasteiger partial charge is 1.00 e. The van der Waals surface area contributed by atoms with Crippen LogP contribution in [0.2, 0.25) is 0 Å². The maximum absolute atomic E-state index is 12.3. The van der Waals surface area contributed by atoms with Crippen LogP contribution in [0, 0.1) is 0 Å². The van der Waals surface area contributed by atoms with Crippen LogP contribution in [0.25, 0.3) is 0 Å². The molecule has 2 rings (SSSR count). The fourth-order valence-corrected chi connectivity index (χ4v) is 3.25. The van der Waals surface area contributed by atoms with E-state index in [9.17, 15) is 8.42 Å². The van der Waals surface area contributed by atoms with Gasteiger partial charge in [-0.05, 0) is 19.1 Å². The van der Waals surface area contributed by atoms with Crippen molar-refractivity contribution >= 4 is 9.84 Å². The SMILES string of the molecule is CC[n+]1ccccc1CS(=O)(=O)c1ccccc1.[I-]. The van der Waals surface area contributed by atoms with Gasteiger partial charge in [0, 0.05) is 12.1 Å². The predicted octanol–water partition coefficient (Wildman–Crippen LogP) is -1.03. The Balaban J connectivity index is 0.00000180. The summed E-state index contributed by atoms with van der Waals surface area (Å²) < 4.78 is 26.5. The molecule has 0 saturated carbocycles. The van der Waals surface area contributed by atoms with E-state index in [1.807, 2.05) is 42.0 Å². The van der Waals surface area contributed by atoms with Gasteiger partial charge in [-0.1, -0.05) is 24.3 Å². The molecule has 0 fully saturated rings. The summed E-state index contributed by atoms with van der Waals surface area (Å²) in [6, 6.07) is 14.2. The monoisotopic (exact) mass is 389 g/mol. The number of pyridine rings is 1. The number of benzene rings is 1. The number of aromatic nitrogens is 1. The molecule has 3 nitrogen and oxygen atoms in total. The maximum Gasteiger partial charge on any atom is 0.196 e. The second-order valence-corrected chi connectivity index (χ2v) is 6.04. The average Bonchev–Trinajstić information content (AvgIpc) is 2.40. The first-order chi connectivity index (χ1) is 8.63. The molecule has 102 valence electrons. The Hall–Kier alpha value is -0.950. The zero-order valence-corrected chi connectivity index (χ0v) is 13.6. The van der Waals surface area contributed by atoms with Crippen LogP contribution in [0.4, 0.5) is 0 Å². The van der Waals surface area contributed by atoms with E-state index >= 15 is 0 Å². The van der Waals surface area contributed by atoms with Gasteiger partial charge in [0.25, 0.3) is 0 Å². The van der Waals surface area contributed by atoms with E-state index in [0.29, 0.717) is 4.90 Å². The van der Waals surface area contributed by atoms with E-state index in [4.69, 9.17) is 0 Å².